The molecule has 0 radical (unpaired) electrons. The second-order valence-electron chi connectivity index (χ2n) is 8.25. The number of carbonyl (C=O) groups excluding carboxylic acids is 1. The highest BCUT2D eigenvalue weighted by Gasteiger charge is 2.39. The van der Waals surface area contributed by atoms with Crippen molar-refractivity contribution in [2.24, 2.45) is 0 Å². The monoisotopic (exact) mass is 389 g/mol. The Bertz CT molecular complexity index is 726. The Labute approximate surface area is 163 Å². The smallest absolute Gasteiger partial charge is 0.410 e. The molecule has 27 heavy (non-hydrogen) atoms. The highest BCUT2D eigenvalue weighted by molar-refractivity contribution is 6.74. The summed E-state index contributed by atoms with van der Waals surface area (Å²) in [6.07, 6.45) is 1.23. The summed E-state index contributed by atoms with van der Waals surface area (Å²) < 4.78 is 17.1. The molecule has 1 saturated heterocycles. The van der Waals surface area contributed by atoms with Crippen LogP contribution in [0.1, 0.15) is 26.3 Å². The number of amides is 1. The molecule has 2 rings (SSSR count). The van der Waals surface area contributed by atoms with E-state index in [-0.39, 0.29) is 17.7 Å². The molecular formula is C21H31NO4Si. The maximum atomic E-state index is 11.9. The number of ether oxygens (including phenoxy) is 2. The number of nitrogens with zero attached hydrogens (tertiary/aromatic N) is 1. The lowest BCUT2D eigenvalue weighted by molar-refractivity contribution is 0.105. The molecule has 1 aliphatic heterocycles. The van der Waals surface area contributed by atoms with Crippen molar-refractivity contribution in [1.82, 2.24) is 4.90 Å². The van der Waals surface area contributed by atoms with Crippen molar-refractivity contribution in [3.05, 3.63) is 48.1 Å². The first-order valence-electron chi connectivity index (χ1n) is 9.17. The summed E-state index contributed by atoms with van der Waals surface area (Å²) >= 11 is 0. The Morgan fingerprint density at radius 1 is 1.30 bits per heavy atom. The van der Waals surface area contributed by atoms with E-state index in [1.807, 2.05) is 24.3 Å². The fourth-order valence-corrected chi connectivity index (χ4v) is 3.55. The van der Waals surface area contributed by atoms with E-state index in [2.05, 4.69) is 40.4 Å². The molecule has 0 bridgehead atoms. The van der Waals surface area contributed by atoms with Gasteiger partial charge in [-0.25, -0.2) is 4.79 Å². The Morgan fingerprint density at radius 2 is 1.96 bits per heavy atom. The molecule has 0 N–H and O–H groups in total. The van der Waals surface area contributed by atoms with Gasteiger partial charge in [-0.1, -0.05) is 45.6 Å². The summed E-state index contributed by atoms with van der Waals surface area (Å²) in [6, 6.07) is 7.99. The van der Waals surface area contributed by atoms with Gasteiger partial charge in [-0.05, 0) is 30.3 Å². The van der Waals surface area contributed by atoms with Gasteiger partial charge in [0.25, 0.3) is 0 Å². The highest BCUT2D eigenvalue weighted by Crippen LogP contribution is 2.38. The normalized spacial score (nSPS) is 14.3. The molecule has 1 amide bonds. The van der Waals surface area contributed by atoms with Gasteiger partial charge in [-0.15, -0.1) is 0 Å². The van der Waals surface area contributed by atoms with Crippen LogP contribution < -0.4 is 4.43 Å². The van der Waals surface area contributed by atoms with Crippen molar-refractivity contribution < 1.29 is 18.7 Å². The summed E-state index contributed by atoms with van der Waals surface area (Å²) in [6.45, 7) is 15.9. The zero-order chi connectivity index (χ0) is 20.2. The van der Waals surface area contributed by atoms with Gasteiger partial charge < -0.3 is 13.9 Å². The van der Waals surface area contributed by atoms with E-state index in [4.69, 9.17) is 13.9 Å². The van der Waals surface area contributed by atoms with Crippen molar-refractivity contribution >= 4 is 20.2 Å². The van der Waals surface area contributed by atoms with Gasteiger partial charge in [0.2, 0.25) is 8.32 Å². The van der Waals surface area contributed by atoms with Crippen LogP contribution in [0.5, 0.6) is 5.75 Å². The maximum absolute atomic E-state index is 11.9. The molecule has 0 spiro atoms. The zero-order valence-corrected chi connectivity index (χ0v) is 18.3. The van der Waals surface area contributed by atoms with Gasteiger partial charge >= 0.3 is 6.09 Å². The zero-order valence-electron chi connectivity index (χ0n) is 17.3. The van der Waals surface area contributed by atoms with Crippen LogP contribution in [0.3, 0.4) is 0 Å². The standard InChI is InChI=1S/C21H31NO4Si/c1-8-12-25-20(23)22-14-17(15-22)19(24-5)16-10-9-11-18(13-16)26-27(6,7)21(2,3)4/h8-11,13H,1,12,14-15H2,2-7H3. The number of hydrogen-bond donors (Lipinski definition) is 0. The average molecular weight is 390 g/mol. The predicted molar refractivity (Wildman–Crippen MR) is 111 cm³/mol. The minimum Gasteiger partial charge on any atom is -0.543 e. The lowest BCUT2D eigenvalue weighted by atomic mass is 10.0. The quantitative estimate of drug-likeness (QED) is 0.387. The fraction of sp³-hybridized carbons (Fsp3) is 0.476. The third-order valence-corrected chi connectivity index (χ3v) is 9.51. The largest absolute Gasteiger partial charge is 0.543 e. The van der Waals surface area contributed by atoms with E-state index in [0.717, 1.165) is 22.6 Å². The summed E-state index contributed by atoms with van der Waals surface area (Å²) in [5, 5.41) is 0.131. The molecule has 1 aromatic carbocycles. The van der Waals surface area contributed by atoms with Crippen molar-refractivity contribution in [3.8, 4) is 5.75 Å². The molecular weight excluding hydrogens is 358 g/mol. The van der Waals surface area contributed by atoms with E-state index in [0.29, 0.717) is 13.1 Å². The highest BCUT2D eigenvalue weighted by atomic mass is 28.4. The number of benzene rings is 1. The van der Waals surface area contributed by atoms with Crippen molar-refractivity contribution in [2.45, 2.75) is 38.9 Å². The molecule has 1 heterocycles. The van der Waals surface area contributed by atoms with Gasteiger partial charge in [0, 0.05) is 11.1 Å². The first-order valence-corrected chi connectivity index (χ1v) is 12.1. The second kappa shape index (κ2) is 8.21. The summed E-state index contributed by atoms with van der Waals surface area (Å²) in [5.74, 6) is 1.65. The third-order valence-electron chi connectivity index (χ3n) is 5.15. The molecule has 1 fully saturated rings. The third kappa shape index (κ3) is 4.94. The summed E-state index contributed by atoms with van der Waals surface area (Å²) in [4.78, 5) is 13.5. The van der Waals surface area contributed by atoms with Crippen LogP contribution in [-0.2, 0) is 9.47 Å². The molecule has 0 unspecified atom stereocenters. The van der Waals surface area contributed by atoms with Crippen molar-refractivity contribution in [1.29, 1.82) is 0 Å². The molecule has 5 nitrogen and oxygen atoms in total. The van der Waals surface area contributed by atoms with Gasteiger partial charge in [0.1, 0.15) is 18.1 Å². The Kier molecular flexibility index (Phi) is 6.41. The fourth-order valence-electron chi connectivity index (χ4n) is 2.52. The number of hydrogen-bond acceptors (Lipinski definition) is 4. The van der Waals surface area contributed by atoms with Crippen LogP contribution in [0, 0.1) is 0 Å². The van der Waals surface area contributed by atoms with Gasteiger partial charge in [0.15, 0.2) is 0 Å². The minimum absolute atomic E-state index is 0.131. The first-order chi connectivity index (χ1) is 12.6. The molecule has 148 valence electrons. The minimum atomic E-state index is -1.91. The molecule has 1 aromatic rings. The van der Waals surface area contributed by atoms with Crippen LogP contribution >= 0.6 is 0 Å². The molecule has 1 aliphatic rings. The number of carbonyl (C=O) groups is 1. The molecule has 0 aliphatic carbocycles. The first kappa shape index (κ1) is 21.1. The molecule has 6 heteroatoms. The number of rotatable bonds is 6. The van der Waals surface area contributed by atoms with E-state index in [1.54, 1.807) is 18.1 Å². The summed E-state index contributed by atoms with van der Waals surface area (Å²) in [7, 11) is -0.253. The van der Waals surface area contributed by atoms with Crippen LogP contribution in [-0.4, -0.2) is 46.1 Å². The summed E-state index contributed by atoms with van der Waals surface area (Å²) in [5.41, 5.74) is 2.03. The van der Waals surface area contributed by atoms with Crippen LogP contribution in [0.15, 0.2) is 42.5 Å². The molecule has 0 saturated carbocycles. The van der Waals surface area contributed by atoms with Crippen molar-refractivity contribution in [2.75, 3.05) is 26.8 Å². The van der Waals surface area contributed by atoms with Gasteiger partial charge in [-0.3, -0.25) is 4.90 Å². The second-order valence-corrected chi connectivity index (χ2v) is 13.0. The molecule has 0 aromatic heterocycles. The van der Waals surface area contributed by atoms with E-state index >= 15 is 0 Å². The van der Waals surface area contributed by atoms with E-state index in [1.165, 1.54) is 0 Å². The average Bonchev–Trinajstić information content (AvgIpc) is 2.54. The van der Waals surface area contributed by atoms with Crippen LogP contribution in [0.2, 0.25) is 18.1 Å². The van der Waals surface area contributed by atoms with E-state index < -0.39 is 8.32 Å². The van der Waals surface area contributed by atoms with Gasteiger partial charge in [-0.2, -0.15) is 0 Å². The Morgan fingerprint density at radius 3 is 2.52 bits per heavy atom. The topological polar surface area (TPSA) is 48.0 Å². The van der Waals surface area contributed by atoms with Crippen molar-refractivity contribution in [3.63, 3.8) is 0 Å². The number of likely N-dealkylation sites (tertiary alicyclic amines) is 1. The predicted octanol–water partition coefficient (Wildman–Crippen LogP) is 5.07. The van der Waals surface area contributed by atoms with Crippen LogP contribution in [0.4, 0.5) is 4.79 Å². The van der Waals surface area contributed by atoms with Crippen LogP contribution in [0.25, 0.3) is 5.76 Å². The lowest BCUT2D eigenvalue weighted by Gasteiger charge is -2.36. The number of methoxy groups -OCH3 is 1. The Hall–Kier alpha value is -2.21. The maximum Gasteiger partial charge on any atom is 0.410 e. The van der Waals surface area contributed by atoms with Gasteiger partial charge in [0.05, 0.1) is 20.2 Å². The molecule has 0 atom stereocenters. The Balaban J connectivity index is 2.15. The lowest BCUT2D eigenvalue weighted by Crippen LogP contribution is -2.45. The van der Waals surface area contributed by atoms with E-state index in [9.17, 15) is 4.79 Å². The SMILES string of the molecule is C=CCOC(=O)N1CC(=C(OC)c2cccc(O[Si](C)(C)C(C)(C)C)c2)C1.